The van der Waals surface area contributed by atoms with Crippen LogP contribution in [0.3, 0.4) is 0 Å². The van der Waals surface area contributed by atoms with Crippen molar-refractivity contribution < 1.29 is 23.9 Å². The smallest absolute Gasteiger partial charge is 0.412 e. The molecule has 0 aliphatic rings. The maximum atomic E-state index is 11.8. The molecule has 0 atom stereocenters. The van der Waals surface area contributed by atoms with Gasteiger partial charge in [0.25, 0.3) is 0 Å². The van der Waals surface area contributed by atoms with E-state index >= 15 is 0 Å². The molecule has 1 rings (SSSR count). The van der Waals surface area contributed by atoms with Crippen molar-refractivity contribution in [1.29, 1.82) is 0 Å². The highest BCUT2D eigenvalue weighted by Crippen LogP contribution is 2.16. The molecule has 0 aliphatic heterocycles. The van der Waals surface area contributed by atoms with Crippen LogP contribution in [-0.2, 0) is 19.1 Å². The fourth-order valence-corrected chi connectivity index (χ4v) is 1.94. The van der Waals surface area contributed by atoms with Crippen LogP contribution in [-0.4, -0.2) is 30.7 Å². The fraction of sp³-hybridized carbons (Fsp3) is 0.500. The zero-order valence-electron chi connectivity index (χ0n) is 15.2. The SMILES string of the molecule is COC(=O)CCCCC(=O)Nc1ccc(NC(=O)OC(C)(C)C)cc1. The Balaban J connectivity index is 2.37. The molecule has 0 unspecified atom stereocenters. The van der Waals surface area contributed by atoms with Crippen molar-refractivity contribution in [2.45, 2.75) is 52.1 Å². The molecule has 2 amide bonds. The van der Waals surface area contributed by atoms with Gasteiger partial charge in [0.1, 0.15) is 5.60 Å². The lowest BCUT2D eigenvalue weighted by atomic mass is 10.2. The van der Waals surface area contributed by atoms with Gasteiger partial charge in [0.05, 0.1) is 7.11 Å². The number of esters is 1. The minimum absolute atomic E-state index is 0.127. The van der Waals surface area contributed by atoms with Crippen LogP contribution in [0.2, 0.25) is 0 Å². The van der Waals surface area contributed by atoms with E-state index in [9.17, 15) is 14.4 Å². The zero-order valence-corrected chi connectivity index (χ0v) is 15.2. The summed E-state index contributed by atoms with van der Waals surface area (Å²) in [5.74, 6) is -0.397. The first-order valence-corrected chi connectivity index (χ1v) is 8.16. The van der Waals surface area contributed by atoms with E-state index in [1.165, 1.54) is 7.11 Å². The van der Waals surface area contributed by atoms with Crippen molar-refractivity contribution in [2.24, 2.45) is 0 Å². The van der Waals surface area contributed by atoms with E-state index in [2.05, 4.69) is 15.4 Å². The monoisotopic (exact) mass is 350 g/mol. The molecule has 1 aromatic rings. The van der Waals surface area contributed by atoms with Gasteiger partial charge in [0, 0.05) is 24.2 Å². The maximum absolute atomic E-state index is 11.8. The van der Waals surface area contributed by atoms with Gasteiger partial charge in [0.2, 0.25) is 5.91 Å². The van der Waals surface area contributed by atoms with Gasteiger partial charge in [-0.25, -0.2) is 4.79 Å². The standard InChI is InChI=1S/C18H26N2O5/c1-18(2,3)25-17(23)20-14-11-9-13(10-12-14)19-15(21)7-5-6-8-16(22)24-4/h9-12H,5-8H2,1-4H3,(H,19,21)(H,20,23). The summed E-state index contributed by atoms with van der Waals surface area (Å²) in [5, 5.41) is 5.38. The third kappa shape index (κ3) is 9.34. The minimum atomic E-state index is -0.564. The second-order valence-electron chi connectivity index (χ2n) is 6.54. The summed E-state index contributed by atoms with van der Waals surface area (Å²) in [4.78, 5) is 34.5. The van der Waals surface area contributed by atoms with Crippen molar-refractivity contribution >= 4 is 29.3 Å². The van der Waals surface area contributed by atoms with E-state index < -0.39 is 11.7 Å². The van der Waals surface area contributed by atoms with E-state index in [1.807, 2.05) is 0 Å². The summed E-state index contributed by atoms with van der Waals surface area (Å²) in [5.41, 5.74) is 0.643. The molecule has 138 valence electrons. The number of amides is 2. The number of carbonyl (C=O) groups is 3. The number of rotatable bonds is 7. The van der Waals surface area contributed by atoms with Crippen molar-refractivity contribution in [3.63, 3.8) is 0 Å². The second-order valence-corrected chi connectivity index (χ2v) is 6.54. The number of methoxy groups -OCH3 is 1. The first-order chi connectivity index (χ1) is 11.7. The molecule has 0 fully saturated rings. The Morgan fingerprint density at radius 2 is 1.44 bits per heavy atom. The van der Waals surface area contributed by atoms with Gasteiger partial charge in [-0.15, -0.1) is 0 Å². The summed E-state index contributed by atoms with van der Waals surface area (Å²) in [6, 6.07) is 6.74. The van der Waals surface area contributed by atoms with Crippen LogP contribution in [0.1, 0.15) is 46.5 Å². The normalized spacial score (nSPS) is 10.7. The summed E-state index contributed by atoms with van der Waals surface area (Å²) in [7, 11) is 1.34. The van der Waals surface area contributed by atoms with Gasteiger partial charge < -0.3 is 14.8 Å². The van der Waals surface area contributed by atoms with Crippen LogP contribution < -0.4 is 10.6 Å². The predicted octanol–water partition coefficient (Wildman–Crippen LogP) is 3.71. The van der Waals surface area contributed by atoms with Crippen LogP contribution in [0.5, 0.6) is 0 Å². The second kappa shape index (κ2) is 9.66. The minimum Gasteiger partial charge on any atom is -0.469 e. The van der Waals surface area contributed by atoms with Gasteiger partial charge in [-0.05, 0) is 57.9 Å². The van der Waals surface area contributed by atoms with Gasteiger partial charge in [0.15, 0.2) is 0 Å². The molecule has 2 N–H and O–H groups in total. The molecule has 0 saturated heterocycles. The Morgan fingerprint density at radius 1 is 0.920 bits per heavy atom. The molecule has 0 spiro atoms. The summed E-state index contributed by atoms with van der Waals surface area (Å²) in [6.07, 6.45) is 1.33. The van der Waals surface area contributed by atoms with E-state index in [4.69, 9.17) is 4.74 Å². The number of anilines is 2. The first kappa shape index (κ1) is 20.5. The third-order valence-electron chi connectivity index (χ3n) is 3.08. The molecule has 1 aromatic carbocycles. The number of nitrogens with one attached hydrogen (secondary N) is 2. The number of carbonyl (C=O) groups excluding carboxylic acids is 3. The topological polar surface area (TPSA) is 93.7 Å². The molecule has 0 heterocycles. The van der Waals surface area contributed by atoms with Crippen molar-refractivity contribution in [3.05, 3.63) is 24.3 Å². The molecular weight excluding hydrogens is 324 g/mol. The number of ether oxygens (including phenoxy) is 2. The highest BCUT2D eigenvalue weighted by molar-refractivity contribution is 5.91. The molecule has 7 nitrogen and oxygen atoms in total. The van der Waals surface area contributed by atoms with Crippen LogP contribution in [0.4, 0.5) is 16.2 Å². The molecule has 0 aliphatic carbocycles. The molecule has 25 heavy (non-hydrogen) atoms. The number of hydrogen-bond donors (Lipinski definition) is 2. The molecule has 7 heteroatoms. The van der Waals surface area contributed by atoms with E-state index in [0.29, 0.717) is 37.1 Å². The molecule has 0 saturated carbocycles. The summed E-state index contributed by atoms with van der Waals surface area (Å²) in [6.45, 7) is 5.36. The number of benzene rings is 1. The van der Waals surface area contributed by atoms with Crippen LogP contribution >= 0.6 is 0 Å². The third-order valence-corrected chi connectivity index (χ3v) is 3.08. The zero-order chi connectivity index (χ0) is 18.9. The van der Waals surface area contributed by atoms with Gasteiger partial charge in [-0.3, -0.25) is 14.9 Å². The van der Waals surface area contributed by atoms with E-state index in [1.54, 1.807) is 45.0 Å². The first-order valence-electron chi connectivity index (χ1n) is 8.16. The van der Waals surface area contributed by atoms with E-state index in [-0.39, 0.29) is 11.9 Å². The van der Waals surface area contributed by atoms with Crippen molar-refractivity contribution in [3.8, 4) is 0 Å². The highest BCUT2D eigenvalue weighted by Gasteiger charge is 2.16. The van der Waals surface area contributed by atoms with Crippen LogP contribution in [0, 0.1) is 0 Å². The molecule has 0 bridgehead atoms. The number of unbranched alkanes of at least 4 members (excludes halogenated alkanes) is 1. The quantitative estimate of drug-likeness (QED) is 0.577. The maximum Gasteiger partial charge on any atom is 0.412 e. The number of hydrogen-bond acceptors (Lipinski definition) is 5. The molecular formula is C18H26N2O5. The Kier molecular flexibility index (Phi) is 7.91. The Labute approximate surface area is 148 Å². The van der Waals surface area contributed by atoms with Crippen molar-refractivity contribution in [1.82, 2.24) is 0 Å². The Morgan fingerprint density at radius 3 is 1.96 bits per heavy atom. The van der Waals surface area contributed by atoms with Crippen LogP contribution in [0.25, 0.3) is 0 Å². The molecule has 0 radical (unpaired) electrons. The lowest BCUT2D eigenvalue weighted by molar-refractivity contribution is -0.140. The predicted molar refractivity (Wildman–Crippen MR) is 95.4 cm³/mol. The lowest BCUT2D eigenvalue weighted by Gasteiger charge is -2.19. The average Bonchev–Trinajstić information content (AvgIpc) is 2.51. The lowest BCUT2D eigenvalue weighted by Crippen LogP contribution is -2.27. The highest BCUT2D eigenvalue weighted by atomic mass is 16.6. The summed E-state index contributed by atoms with van der Waals surface area (Å²) < 4.78 is 9.70. The van der Waals surface area contributed by atoms with Gasteiger partial charge in [-0.2, -0.15) is 0 Å². The fourth-order valence-electron chi connectivity index (χ4n) is 1.94. The molecule has 0 aromatic heterocycles. The van der Waals surface area contributed by atoms with E-state index in [0.717, 1.165) is 0 Å². The largest absolute Gasteiger partial charge is 0.469 e. The van der Waals surface area contributed by atoms with Crippen LogP contribution in [0.15, 0.2) is 24.3 Å². The van der Waals surface area contributed by atoms with Crippen molar-refractivity contribution in [2.75, 3.05) is 17.7 Å². The van der Waals surface area contributed by atoms with Gasteiger partial charge >= 0.3 is 12.1 Å². The Hall–Kier alpha value is -2.57. The average molecular weight is 350 g/mol. The van der Waals surface area contributed by atoms with Gasteiger partial charge in [-0.1, -0.05) is 0 Å². The summed E-state index contributed by atoms with van der Waals surface area (Å²) >= 11 is 0. The Bertz CT molecular complexity index is 590.